The van der Waals surface area contributed by atoms with E-state index < -0.39 is 11.7 Å². The molecule has 2 atom stereocenters. The van der Waals surface area contributed by atoms with Gasteiger partial charge in [0.2, 0.25) is 0 Å². The van der Waals surface area contributed by atoms with Gasteiger partial charge < -0.3 is 10.1 Å². The molecule has 0 radical (unpaired) electrons. The Labute approximate surface area is 169 Å². The normalized spacial score (nSPS) is 19.8. The highest BCUT2D eigenvalue weighted by molar-refractivity contribution is 5.75. The van der Waals surface area contributed by atoms with Gasteiger partial charge in [0.05, 0.1) is 18.6 Å². The topological polar surface area (TPSA) is 38.3 Å². The van der Waals surface area contributed by atoms with Crippen LogP contribution in [0.15, 0.2) is 42.5 Å². The van der Waals surface area contributed by atoms with Gasteiger partial charge in [0.1, 0.15) is 0 Å². The van der Waals surface area contributed by atoms with Crippen molar-refractivity contribution in [1.29, 1.82) is 0 Å². The number of halogens is 3. The molecule has 3 nitrogen and oxygen atoms in total. The van der Waals surface area contributed by atoms with E-state index >= 15 is 0 Å². The van der Waals surface area contributed by atoms with Crippen molar-refractivity contribution in [3.63, 3.8) is 0 Å². The number of rotatable bonds is 5. The van der Waals surface area contributed by atoms with Crippen LogP contribution in [0, 0.1) is 5.92 Å². The Hall–Kier alpha value is -2.34. The van der Waals surface area contributed by atoms with Crippen molar-refractivity contribution in [3.05, 3.63) is 59.2 Å². The van der Waals surface area contributed by atoms with Crippen molar-refractivity contribution >= 4 is 5.97 Å². The molecule has 0 spiro atoms. The molecule has 3 rings (SSSR count). The van der Waals surface area contributed by atoms with Crippen LogP contribution in [0.3, 0.4) is 0 Å². The van der Waals surface area contributed by atoms with Crippen molar-refractivity contribution in [1.82, 2.24) is 5.32 Å². The van der Waals surface area contributed by atoms with Crippen molar-refractivity contribution in [2.24, 2.45) is 5.92 Å². The van der Waals surface area contributed by atoms with Crippen molar-refractivity contribution in [2.45, 2.75) is 45.3 Å². The summed E-state index contributed by atoms with van der Waals surface area (Å²) in [5.41, 5.74) is 2.72. The molecular formula is C23H26F3NO2. The van der Waals surface area contributed by atoms with Crippen LogP contribution in [0.2, 0.25) is 0 Å². The maximum atomic E-state index is 13.0. The predicted octanol–water partition coefficient (Wildman–Crippen LogP) is 5.54. The van der Waals surface area contributed by atoms with E-state index in [2.05, 4.69) is 12.2 Å². The molecule has 0 aromatic heterocycles. The molecule has 2 aromatic rings. The number of hydrogen-bond acceptors (Lipinski definition) is 3. The molecule has 2 aromatic carbocycles. The van der Waals surface area contributed by atoms with Crippen LogP contribution in [-0.4, -0.2) is 19.1 Å². The molecule has 0 amide bonds. The average Bonchev–Trinajstić information content (AvgIpc) is 2.67. The number of nitrogens with one attached hydrogen (secondary N) is 1. The van der Waals surface area contributed by atoms with Crippen LogP contribution in [0.25, 0.3) is 11.1 Å². The Morgan fingerprint density at radius 3 is 2.52 bits per heavy atom. The molecule has 1 aliphatic heterocycles. The Kier molecular flexibility index (Phi) is 6.63. The fourth-order valence-electron chi connectivity index (χ4n) is 3.83. The van der Waals surface area contributed by atoms with E-state index in [0.29, 0.717) is 18.1 Å². The van der Waals surface area contributed by atoms with Crippen LogP contribution in [-0.2, 0) is 22.1 Å². The average molecular weight is 405 g/mol. The van der Waals surface area contributed by atoms with Crippen LogP contribution in [0.4, 0.5) is 13.2 Å². The molecule has 1 N–H and O–H groups in total. The van der Waals surface area contributed by atoms with Gasteiger partial charge in [-0.2, -0.15) is 13.2 Å². The largest absolute Gasteiger partial charge is 0.466 e. The first kappa shape index (κ1) is 21.4. The van der Waals surface area contributed by atoms with E-state index in [1.54, 1.807) is 6.92 Å². The summed E-state index contributed by atoms with van der Waals surface area (Å²) in [6.07, 6.45) is -2.17. The van der Waals surface area contributed by atoms with Crippen molar-refractivity contribution < 1.29 is 22.7 Å². The van der Waals surface area contributed by atoms with Gasteiger partial charge in [-0.25, -0.2) is 0 Å². The monoisotopic (exact) mass is 405 g/mol. The number of carbonyl (C=O) groups excluding carboxylic acids is 1. The summed E-state index contributed by atoms with van der Waals surface area (Å²) in [7, 11) is 0. The second-order valence-electron chi connectivity index (χ2n) is 7.61. The number of alkyl halides is 3. The Morgan fingerprint density at radius 2 is 1.90 bits per heavy atom. The van der Waals surface area contributed by atoms with Gasteiger partial charge in [0.25, 0.3) is 0 Å². The first-order chi connectivity index (χ1) is 13.8. The second kappa shape index (κ2) is 8.99. The summed E-state index contributed by atoms with van der Waals surface area (Å²) in [6.45, 7) is 5.18. The van der Waals surface area contributed by atoms with E-state index in [-0.39, 0.29) is 18.4 Å². The lowest BCUT2D eigenvalue weighted by Crippen LogP contribution is -2.31. The van der Waals surface area contributed by atoms with Gasteiger partial charge in [-0.05, 0) is 66.6 Å². The minimum absolute atomic E-state index is 0.132. The van der Waals surface area contributed by atoms with E-state index in [4.69, 9.17) is 4.74 Å². The van der Waals surface area contributed by atoms with Crippen LogP contribution >= 0.6 is 0 Å². The first-order valence-corrected chi connectivity index (χ1v) is 9.97. The van der Waals surface area contributed by atoms with Crippen LogP contribution in [0.1, 0.15) is 49.4 Å². The number of ether oxygens (including phenoxy) is 1. The quantitative estimate of drug-likeness (QED) is 0.664. The third kappa shape index (κ3) is 5.38. The smallest absolute Gasteiger partial charge is 0.416 e. The van der Waals surface area contributed by atoms with Gasteiger partial charge in [0.15, 0.2) is 0 Å². The number of benzene rings is 2. The van der Waals surface area contributed by atoms with Crippen molar-refractivity contribution in [2.75, 3.05) is 13.2 Å². The molecule has 0 saturated carbocycles. The van der Waals surface area contributed by atoms with Gasteiger partial charge in [0, 0.05) is 6.04 Å². The number of piperidine rings is 1. The maximum Gasteiger partial charge on any atom is 0.416 e. The van der Waals surface area contributed by atoms with Gasteiger partial charge in [-0.15, -0.1) is 0 Å². The van der Waals surface area contributed by atoms with Crippen molar-refractivity contribution in [3.8, 4) is 11.1 Å². The molecule has 0 aliphatic carbocycles. The Bertz CT molecular complexity index is 846. The highest BCUT2D eigenvalue weighted by atomic mass is 19.4. The zero-order chi connectivity index (χ0) is 21.0. The highest BCUT2D eigenvalue weighted by Crippen LogP contribution is 2.36. The Morgan fingerprint density at radius 1 is 1.17 bits per heavy atom. The molecular weight excluding hydrogens is 379 g/mol. The summed E-state index contributed by atoms with van der Waals surface area (Å²) in [5, 5.41) is 3.52. The minimum Gasteiger partial charge on any atom is -0.466 e. The summed E-state index contributed by atoms with van der Waals surface area (Å²) in [4.78, 5) is 11.9. The fourth-order valence-corrected chi connectivity index (χ4v) is 3.83. The van der Waals surface area contributed by atoms with E-state index in [9.17, 15) is 18.0 Å². The molecule has 1 heterocycles. The van der Waals surface area contributed by atoms with E-state index in [0.717, 1.165) is 48.2 Å². The summed E-state index contributed by atoms with van der Waals surface area (Å²) >= 11 is 0. The number of hydrogen-bond donors (Lipinski definition) is 1. The SMILES string of the molecule is CCOC(=O)Cc1ccc(C2CC(C)CCN2)c(-c2ccc(C(F)(F)F)cc2)c1. The second-order valence-corrected chi connectivity index (χ2v) is 7.61. The molecule has 6 heteroatoms. The minimum atomic E-state index is -4.37. The zero-order valence-corrected chi connectivity index (χ0v) is 16.7. The number of esters is 1. The Balaban J connectivity index is 1.99. The number of carbonyl (C=O) groups is 1. The zero-order valence-electron chi connectivity index (χ0n) is 16.7. The molecule has 1 aliphatic rings. The summed E-state index contributed by atoms with van der Waals surface area (Å²) in [5.74, 6) is 0.254. The molecule has 2 unspecified atom stereocenters. The molecule has 1 saturated heterocycles. The van der Waals surface area contributed by atoms with E-state index in [1.807, 2.05) is 18.2 Å². The molecule has 1 fully saturated rings. The van der Waals surface area contributed by atoms with E-state index in [1.165, 1.54) is 12.1 Å². The molecule has 156 valence electrons. The lowest BCUT2D eigenvalue weighted by Gasteiger charge is -2.30. The fraction of sp³-hybridized carbons (Fsp3) is 0.435. The lowest BCUT2D eigenvalue weighted by atomic mass is 9.85. The third-order valence-corrected chi connectivity index (χ3v) is 5.34. The molecule has 0 bridgehead atoms. The highest BCUT2D eigenvalue weighted by Gasteiger charge is 2.30. The predicted molar refractivity (Wildman–Crippen MR) is 106 cm³/mol. The molecule has 29 heavy (non-hydrogen) atoms. The summed E-state index contributed by atoms with van der Waals surface area (Å²) in [6, 6.07) is 11.1. The summed E-state index contributed by atoms with van der Waals surface area (Å²) < 4.78 is 43.9. The van der Waals surface area contributed by atoms with Gasteiger partial charge in [-0.1, -0.05) is 37.3 Å². The van der Waals surface area contributed by atoms with Gasteiger partial charge in [-0.3, -0.25) is 4.79 Å². The van der Waals surface area contributed by atoms with Crippen LogP contribution in [0.5, 0.6) is 0 Å². The third-order valence-electron chi connectivity index (χ3n) is 5.34. The maximum absolute atomic E-state index is 13.0. The first-order valence-electron chi connectivity index (χ1n) is 9.97. The lowest BCUT2D eigenvalue weighted by molar-refractivity contribution is -0.142. The van der Waals surface area contributed by atoms with Gasteiger partial charge >= 0.3 is 12.1 Å². The van der Waals surface area contributed by atoms with Crippen LogP contribution < -0.4 is 5.32 Å². The standard InChI is InChI=1S/C23H26F3NO2/c1-3-29-22(28)14-16-4-9-19(21-12-15(2)10-11-27-21)20(13-16)17-5-7-18(8-6-17)23(24,25)26/h4-9,13,15,21,27H,3,10-12,14H2,1-2H3.